The summed E-state index contributed by atoms with van der Waals surface area (Å²) in [6.07, 6.45) is 9.18. The SMILES string of the molecule is CC(C)(C)S(=O)(=O)NCC1CCC(Nc2nc(C3CC4(CC4)C3)no2)CC1. The van der Waals surface area contributed by atoms with Crippen LogP contribution in [-0.2, 0) is 10.0 Å². The summed E-state index contributed by atoms with van der Waals surface area (Å²) in [5.41, 5.74) is 0.645. The monoisotopic (exact) mass is 396 g/mol. The van der Waals surface area contributed by atoms with Crippen LogP contribution < -0.4 is 10.0 Å². The first-order valence-electron chi connectivity index (χ1n) is 10.3. The van der Waals surface area contributed by atoms with E-state index in [1.807, 2.05) is 0 Å². The number of nitrogens with one attached hydrogen (secondary N) is 2. The highest BCUT2D eigenvalue weighted by Gasteiger charge is 2.54. The van der Waals surface area contributed by atoms with Crippen molar-refractivity contribution in [2.75, 3.05) is 11.9 Å². The minimum atomic E-state index is -3.26. The van der Waals surface area contributed by atoms with Crippen molar-refractivity contribution >= 4 is 16.0 Å². The third-order valence-electron chi connectivity index (χ3n) is 6.67. The highest BCUT2D eigenvalue weighted by Crippen LogP contribution is 2.65. The standard InChI is InChI=1S/C19H32N4O3S/c1-18(2,3)27(24,25)20-12-13-4-6-15(7-5-13)21-17-22-16(23-26-17)14-10-19(11-14)8-9-19/h13-15,20H,4-12H2,1-3H3,(H,21,22,23). The maximum atomic E-state index is 12.2. The molecule has 1 spiro atoms. The summed E-state index contributed by atoms with van der Waals surface area (Å²) in [6.45, 7) is 5.70. The van der Waals surface area contributed by atoms with Gasteiger partial charge in [0, 0.05) is 18.5 Å². The van der Waals surface area contributed by atoms with Gasteiger partial charge in [-0.1, -0.05) is 5.16 Å². The fraction of sp³-hybridized carbons (Fsp3) is 0.895. The van der Waals surface area contributed by atoms with Crippen LogP contribution in [-0.4, -0.2) is 35.9 Å². The van der Waals surface area contributed by atoms with Crippen molar-refractivity contribution in [3.8, 4) is 0 Å². The van der Waals surface area contributed by atoms with E-state index < -0.39 is 14.8 Å². The predicted octanol–water partition coefficient (Wildman–Crippen LogP) is 3.42. The number of rotatable bonds is 6. The largest absolute Gasteiger partial charge is 0.335 e. The minimum Gasteiger partial charge on any atom is -0.335 e. The molecular weight excluding hydrogens is 364 g/mol. The number of anilines is 1. The van der Waals surface area contributed by atoms with E-state index in [0.29, 0.717) is 35.9 Å². The van der Waals surface area contributed by atoms with Crippen molar-refractivity contribution < 1.29 is 12.9 Å². The van der Waals surface area contributed by atoms with Gasteiger partial charge in [-0.25, -0.2) is 13.1 Å². The molecule has 0 aliphatic heterocycles. The van der Waals surface area contributed by atoms with Crippen LogP contribution in [0.1, 0.15) is 83.9 Å². The zero-order valence-corrected chi connectivity index (χ0v) is 17.4. The third kappa shape index (κ3) is 4.16. The average molecular weight is 397 g/mol. The van der Waals surface area contributed by atoms with Crippen LogP contribution in [0.5, 0.6) is 0 Å². The van der Waals surface area contributed by atoms with Crippen LogP contribution in [0, 0.1) is 11.3 Å². The Balaban J connectivity index is 1.20. The molecule has 8 heteroatoms. The molecule has 1 aromatic heterocycles. The average Bonchev–Trinajstić information content (AvgIpc) is 3.25. The van der Waals surface area contributed by atoms with E-state index in [0.717, 1.165) is 31.5 Å². The lowest BCUT2D eigenvalue weighted by Gasteiger charge is -2.33. The fourth-order valence-corrected chi connectivity index (χ4v) is 5.23. The maximum absolute atomic E-state index is 12.2. The fourth-order valence-electron chi connectivity index (χ4n) is 4.34. The summed E-state index contributed by atoms with van der Waals surface area (Å²) >= 11 is 0. The first-order valence-corrected chi connectivity index (χ1v) is 11.7. The molecule has 1 aromatic rings. The van der Waals surface area contributed by atoms with E-state index in [-0.39, 0.29) is 0 Å². The lowest BCUT2D eigenvalue weighted by atomic mass is 9.71. The van der Waals surface area contributed by atoms with Gasteiger partial charge >= 0.3 is 6.01 Å². The van der Waals surface area contributed by atoms with E-state index >= 15 is 0 Å². The van der Waals surface area contributed by atoms with Gasteiger partial charge in [0.2, 0.25) is 10.0 Å². The van der Waals surface area contributed by atoms with Gasteiger partial charge in [0.1, 0.15) is 0 Å². The lowest BCUT2D eigenvalue weighted by Crippen LogP contribution is -2.42. The quantitative estimate of drug-likeness (QED) is 0.765. The molecule has 0 bridgehead atoms. The third-order valence-corrected chi connectivity index (χ3v) is 8.82. The molecule has 0 atom stereocenters. The first-order chi connectivity index (χ1) is 12.7. The molecule has 1 heterocycles. The van der Waals surface area contributed by atoms with E-state index in [1.165, 1.54) is 25.7 Å². The molecule has 7 nitrogen and oxygen atoms in total. The van der Waals surface area contributed by atoms with E-state index in [2.05, 4.69) is 20.2 Å². The van der Waals surface area contributed by atoms with E-state index in [4.69, 9.17) is 4.52 Å². The number of sulfonamides is 1. The van der Waals surface area contributed by atoms with Gasteiger partial charge in [0.05, 0.1) is 4.75 Å². The zero-order valence-electron chi connectivity index (χ0n) is 16.6. The van der Waals surface area contributed by atoms with Crippen LogP contribution in [0.25, 0.3) is 0 Å². The molecule has 0 radical (unpaired) electrons. The number of aromatic nitrogens is 2. The Bertz CT molecular complexity index is 763. The molecule has 4 rings (SSSR count). The second kappa shape index (κ2) is 6.72. The number of hydrogen-bond acceptors (Lipinski definition) is 6. The molecule has 2 N–H and O–H groups in total. The van der Waals surface area contributed by atoms with Gasteiger partial charge in [-0.3, -0.25) is 0 Å². The van der Waals surface area contributed by atoms with Crippen LogP contribution in [0.2, 0.25) is 0 Å². The van der Waals surface area contributed by atoms with Crippen molar-refractivity contribution in [1.82, 2.24) is 14.9 Å². The molecule has 0 aromatic carbocycles. The van der Waals surface area contributed by atoms with Crippen LogP contribution in [0.15, 0.2) is 4.52 Å². The molecule has 0 unspecified atom stereocenters. The zero-order chi connectivity index (χ0) is 19.3. The van der Waals surface area contributed by atoms with Crippen LogP contribution in [0.3, 0.4) is 0 Å². The van der Waals surface area contributed by atoms with Crippen molar-refractivity contribution in [2.45, 2.75) is 88.8 Å². The van der Waals surface area contributed by atoms with Crippen molar-refractivity contribution in [1.29, 1.82) is 0 Å². The molecule has 3 aliphatic carbocycles. The second-order valence-corrected chi connectivity index (χ2v) is 12.4. The molecule has 0 saturated heterocycles. The van der Waals surface area contributed by atoms with Gasteiger partial charge in [-0.15, -0.1) is 0 Å². The van der Waals surface area contributed by atoms with Crippen molar-refractivity contribution in [3.05, 3.63) is 5.82 Å². The van der Waals surface area contributed by atoms with Crippen LogP contribution >= 0.6 is 0 Å². The number of hydrogen-bond donors (Lipinski definition) is 2. The summed E-state index contributed by atoms with van der Waals surface area (Å²) in [7, 11) is -3.26. The second-order valence-electron chi connectivity index (χ2n) is 9.89. The van der Waals surface area contributed by atoms with Gasteiger partial charge in [-0.2, -0.15) is 4.98 Å². The molecule has 27 heavy (non-hydrogen) atoms. The Morgan fingerprint density at radius 1 is 1.15 bits per heavy atom. The molecular formula is C19H32N4O3S. The smallest absolute Gasteiger partial charge is 0.321 e. The Hall–Kier alpha value is -1.15. The van der Waals surface area contributed by atoms with Gasteiger partial charge < -0.3 is 9.84 Å². The van der Waals surface area contributed by atoms with E-state index in [1.54, 1.807) is 20.8 Å². The van der Waals surface area contributed by atoms with Crippen molar-refractivity contribution in [3.63, 3.8) is 0 Å². The van der Waals surface area contributed by atoms with Gasteiger partial charge in [0.15, 0.2) is 5.82 Å². The highest BCUT2D eigenvalue weighted by molar-refractivity contribution is 7.90. The normalized spacial score (nSPS) is 28.1. The predicted molar refractivity (Wildman–Crippen MR) is 104 cm³/mol. The summed E-state index contributed by atoms with van der Waals surface area (Å²) in [4.78, 5) is 4.55. The molecule has 3 fully saturated rings. The van der Waals surface area contributed by atoms with Crippen LogP contribution in [0.4, 0.5) is 6.01 Å². The lowest BCUT2D eigenvalue weighted by molar-refractivity contribution is 0.224. The Morgan fingerprint density at radius 3 is 2.41 bits per heavy atom. The summed E-state index contributed by atoms with van der Waals surface area (Å²) in [5.74, 6) is 1.74. The molecule has 3 aliphatic rings. The topological polar surface area (TPSA) is 97.1 Å². The highest BCUT2D eigenvalue weighted by atomic mass is 32.2. The summed E-state index contributed by atoms with van der Waals surface area (Å²) < 4.78 is 31.8. The first kappa shape index (κ1) is 19.2. The Kier molecular flexibility index (Phi) is 4.78. The Morgan fingerprint density at radius 2 is 1.81 bits per heavy atom. The summed E-state index contributed by atoms with van der Waals surface area (Å²) in [5, 5.41) is 7.54. The van der Waals surface area contributed by atoms with E-state index in [9.17, 15) is 8.42 Å². The molecule has 0 amide bonds. The molecule has 152 valence electrons. The summed E-state index contributed by atoms with van der Waals surface area (Å²) in [6, 6.07) is 0.864. The Labute approximate surface area is 162 Å². The maximum Gasteiger partial charge on any atom is 0.321 e. The molecule has 3 saturated carbocycles. The number of nitrogens with zero attached hydrogens (tertiary/aromatic N) is 2. The minimum absolute atomic E-state index is 0.324. The van der Waals surface area contributed by atoms with Gasteiger partial charge in [-0.05, 0) is 83.5 Å². The van der Waals surface area contributed by atoms with Gasteiger partial charge in [0.25, 0.3) is 0 Å². The van der Waals surface area contributed by atoms with Crippen molar-refractivity contribution in [2.24, 2.45) is 11.3 Å².